The van der Waals surface area contributed by atoms with Crippen molar-refractivity contribution in [1.82, 2.24) is 0 Å². The summed E-state index contributed by atoms with van der Waals surface area (Å²) in [6, 6.07) is 5.39. The van der Waals surface area contributed by atoms with Gasteiger partial charge in [0.25, 0.3) is 0 Å². The highest BCUT2D eigenvalue weighted by Crippen LogP contribution is 2.56. The molecule has 114 valence electrons. The van der Waals surface area contributed by atoms with Gasteiger partial charge in [-0.2, -0.15) is 5.90 Å². The van der Waals surface area contributed by atoms with Crippen LogP contribution in [-0.4, -0.2) is 11.6 Å². The lowest BCUT2D eigenvalue weighted by Crippen LogP contribution is -2.21. The summed E-state index contributed by atoms with van der Waals surface area (Å²) in [5, 5.41) is 0. The largest absolute Gasteiger partial charge is 0.412 e. The number of allylic oxidation sites excluding steroid dienone is 2. The molecule has 3 aliphatic carbocycles. The molecule has 4 nitrogen and oxygen atoms in total. The van der Waals surface area contributed by atoms with Gasteiger partial charge in [-0.3, -0.25) is 9.59 Å². The van der Waals surface area contributed by atoms with E-state index in [-0.39, 0.29) is 35.2 Å². The summed E-state index contributed by atoms with van der Waals surface area (Å²) >= 11 is 0. The molecule has 4 rings (SSSR count). The standard InChI is InChI=1S/C18H19NO3/c1-2-9-8-12(22-19)5-6-13(9)16-17(20)14-10-3-4-11(7-10)15(14)18(16)21/h3-6,8,10-11,14-16H,2,7,19H2,1H3. The fourth-order valence-corrected chi connectivity index (χ4v) is 4.67. The Kier molecular flexibility index (Phi) is 2.98. The van der Waals surface area contributed by atoms with Crippen LogP contribution >= 0.6 is 0 Å². The number of nitrogens with two attached hydrogens (primary N) is 1. The van der Waals surface area contributed by atoms with Crippen LogP contribution in [0.2, 0.25) is 0 Å². The van der Waals surface area contributed by atoms with Crippen molar-refractivity contribution in [3.63, 3.8) is 0 Å². The molecule has 4 unspecified atom stereocenters. The number of aryl methyl sites for hydroxylation is 1. The molecule has 2 bridgehead atoms. The quantitative estimate of drug-likeness (QED) is 0.527. The van der Waals surface area contributed by atoms with Gasteiger partial charge in [0.05, 0.1) is 0 Å². The minimum absolute atomic E-state index is 0.0948. The predicted octanol–water partition coefficient (Wildman–Crippen LogP) is 2.18. The highest BCUT2D eigenvalue weighted by Gasteiger charge is 2.60. The number of fused-ring (bicyclic) bond motifs is 5. The van der Waals surface area contributed by atoms with Crippen molar-refractivity contribution in [3.8, 4) is 5.75 Å². The SMILES string of the molecule is CCc1cc(ON)ccc1C1C(=O)C2C3C=CC(C3)C2C1=O. The summed E-state index contributed by atoms with van der Waals surface area (Å²) in [4.78, 5) is 30.6. The Morgan fingerprint density at radius 1 is 1.14 bits per heavy atom. The van der Waals surface area contributed by atoms with Gasteiger partial charge in [-0.1, -0.05) is 25.1 Å². The van der Waals surface area contributed by atoms with Crippen LogP contribution in [0.5, 0.6) is 5.75 Å². The summed E-state index contributed by atoms with van der Waals surface area (Å²) in [6.45, 7) is 2.01. The van der Waals surface area contributed by atoms with Gasteiger partial charge in [-0.15, -0.1) is 0 Å². The molecule has 3 aliphatic rings. The lowest BCUT2D eigenvalue weighted by molar-refractivity contribution is -0.125. The molecule has 1 aromatic rings. The molecule has 0 aliphatic heterocycles. The van der Waals surface area contributed by atoms with E-state index >= 15 is 0 Å². The van der Waals surface area contributed by atoms with Crippen LogP contribution in [0.1, 0.15) is 30.4 Å². The van der Waals surface area contributed by atoms with Gasteiger partial charge >= 0.3 is 0 Å². The van der Waals surface area contributed by atoms with Crippen molar-refractivity contribution in [2.75, 3.05) is 0 Å². The molecule has 2 saturated carbocycles. The van der Waals surface area contributed by atoms with E-state index in [9.17, 15) is 9.59 Å². The van der Waals surface area contributed by atoms with E-state index in [0.29, 0.717) is 5.75 Å². The Balaban J connectivity index is 1.75. The minimum Gasteiger partial charge on any atom is -0.412 e. The van der Waals surface area contributed by atoms with Crippen molar-refractivity contribution < 1.29 is 14.4 Å². The van der Waals surface area contributed by atoms with Gasteiger partial charge in [-0.25, -0.2) is 0 Å². The molecule has 0 radical (unpaired) electrons. The van der Waals surface area contributed by atoms with Crippen LogP contribution in [0.4, 0.5) is 0 Å². The summed E-state index contributed by atoms with van der Waals surface area (Å²) < 4.78 is 0. The fraction of sp³-hybridized carbons (Fsp3) is 0.444. The summed E-state index contributed by atoms with van der Waals surface area (Å²) in [7, 11) is 0. The molecule has 4 heteroatoms. The molecule has 0 saturated heterocycles. The molecule has 2 fully saturated rings. The Morgan fingerprint density at radius 3 is 2.32 bits per heavy atom. The first-order chi connectivity index (χ1) is 10.7. The number of hydrogen-bond donors (Lipinski definition) is 1. The first kappa shape index (κ1) is 13.7. The number of carbonyl (C=O) groups is 2. The zero-order chi connectivity index (χ0) is 15.4. The lowest BCUT2D eigenvalue weighted by Gasteiger charge is -2.16. The summed E-state index contributed by atoms with van der Waals surface area (Å²) in [5.41, 5.74) is 1.81. The van der Waals surface area contributed by atoms with Gasteiger partial charge in [0.2, 0.25) is 0 Å². The van der Waals surface area contributed by atoms with Crippen molar-refractivity contribution in [1.29, 1.82) is 0 Å². The monoisotopic (exact) mass is 297 g/mol. The number of benzene rings is 1. The Bertz CT molecular complexity index is 664. The average Bonchev–Trinajstić information content (AvgIpc) is 3.21. The smallest absolute Gasteiger partial charge is 0.152 e. The van der Waals surface area contributed by atoms with Crippen molar-refractivity contribution in [3.05, 3.63) is 41.5 Å². The van der Waals surface area contributed by atoms with Gasteiger partial charge in [-0.05, 0) is 47.9 Å². The number of hydrogen-bond acceptors (Lipinski definition) is 4. The third-order valence-electron chi connectivity index (χ3n) is 5.63. The fourth-order valence-electron chi connectivity index (χ4n) is 4.67. The minimum atomic E-state index is -0.595. The highest BCUT2D eigenvalue weighted by atomic mass is 16.6. The van der Waals surface area contributed by atoms with Crippen LogP contribution < -0.4 is 10.7 Å². The zero-order valence-corrected chi connectivity index (χ0v) is 12.5. The van der Waals surface area contributed by atoms with E-state index in [2.05, 4.69) is 12.2 Å². The van der Waals surface area contributed by atoms with E-state index in [1.54, 1.807) is 6.07 Å². The van der Waals surface area contributed by atoms with E-state index in [0.717, 1.165) is 24.0 Å². The maximum absolute atomic E-state index is 12.9. The first-order valence-corrected chi connectivity index (χ1v) is 7.91. The van der Waals surface area contributed by atoms with Gasteiger partial charge in [0, 0.05) is 11.8 Å². The molecule has 0 heterocycles. The summed E-state index contributed by atoms with van der Waals surface area (Å²) in [6.07, 6.45) is 5.97. The van der Waals surface area contributed by atoms with Crippen LogP contribution in [-0.2, 0) is 16.0 Å². The van der Waals surface area contributed by atoms with E-state index in [1.165, 1.54) is 0 Å². The van der Waals surface area contributed by atoms with Gasteiger partial charge < -0.3 is 4.84 Å². The van der Waals surface area contributed by atoms with E-state index in [1.807, 2.05) is 19.1 Å². The molecule has 4 atom stereocenters. The Morgan fingerprint density at radius 2 is 1.77 bits per heavy atom. The maximum Gasteiger partial charge on any atom is 0.152 e. The van der Waals surface area contributed by atoms with Gasteiger partial charge in [0.15, 0.2) is 11.6 Å². The molecule has 0 amide bonds. The molecular weight excluding hydrogens is 278 g/mol. The third-order valence-corrected chi connectivity index (χ3v) is 5.63. The zero-order valence-electron chi connectivity index (χ0n) is 12.5. The van der Waals surface area contributed by atoms with E-state index in [4.69, 9.17) is 10.7 Å². The maximum atomic E-state index is 12.9. The predicted molar refractivity (Wildman–Crippen MR) is 81.1 cm³/mol. The normalized spacial score (nSPS) is 35.3. The topological polar surface area (TPSA) is 69.4 Å². The molecule has 2 N–H and O–H groups in total. The first-order valence-electron chi connectivity index (χ1n) is 7.91. The van der Waals surface area contributed by atoms with Crippen molar-refractivity contribution in [2.24, 2.45) is 29.6 Å². The van der Waals surface area contributed by atoms with E-state index < -0.39 is 5.92 Å². The second-order valence-electron chi connectivity index (χ2n) is 6.57. The molecular formula is C18H19NO3. The Labute approximate surface area is 129 Å². The lowest BCUT2D eigenvalue weighted by atomic mass is 9.85. The second kappa shape index (κ2) is 4.78. The molecule has 1 aromatic carbocycles. The number of rotatable bonds is 3. The van der Waals surface area contributed by atoms with Crippen LogP contribution in [0.3, 0.4) is 0 Å². The second-order valence-corrected chi connectivity index (χ2v) is 6.57. The Hall–Kier alpha value is -1.94. The van der Waals surface area contributed by atoms with Crippen LogP contribution in [0, 0.1) is 23.7 Å². The number of Topliss-reactive ketones (excluding diaryl/α,β-unsaturated/α-hetero) is 2. The molecule has 0 aromatic heterocycles. The third kappa shape index (κ3) is 1.67. The highest BCUT2D eigenvalue weighted by molar-refractivity contribution is 6.17. The summed E-state index contributed by atoms with van der Waals surface area (Å²) in [5.74, 6) is 5.75. The van der Waals surface area contributed by atoms with Crippen molar-refractivity contribution in [2.45, 2.75) is 25.7 Å². The van der Waals surface area contributed by atoms with Crippen molar-refractivity contribution >= 4 is 11.6 Å². The van der Waals surface area contributed by atoms with Gasteiger partial charge in [0.1, 0.15) is 11.7 Å². The number of carbonyl (C=O) groups excluding carboxylic acids is 2. The van der Waals surface area contributed by atoms with Crippen LogP contribution in [0.15, 0.2) is 30.4 Å². The molecule has 0 spiro atoms. The van der Waals surface area contributed by atoms with Crippen LogP contribution in [0.25, 0.3) is 0 Å². The average molecular weight is 297 g/mol. The molecule has 22 heavy (non-hydrogen) atoms. The number of ketones is 2.